The number of aryl methyl sites for hydroxylation is 1. The van der Waals surface area contributed by atoms with Gasteiger partial charge in [-0.2, -0.15) is 0 Å². The SMILES string of the molecule is CCNC(=O)c1cccc(NC(=O)Cc2coc3cc(C)c(C(C)C)cc23)c1. The lowest BCUT2D eigenvalue weighted by molar-refractivity contribution is -0.115. The summed E-state index contributed by atoms with van der Waals surface area (Å²) in [6.45, 7) is 8.81. The van der Waals surface area contributed by atoms with Crippen molar-refractivity contribution in [2.75, 3.05) is 11.9 Å². The molecule has 3 aromatic rings. The Morgan fingerprint density at radius 1 is 1.14 bits per heavy atom. The van der Waals surface area contributed by atoms with E-state index in [-0.39, 0.29) is 18.2 Å². The molecule has 146 valence electrons. The Bertz CT molecular complexity index is 1020. The molecule has 0 radical (unpaired) electrons. The van der Waals surface area contributed by atoms with Crippen LogP contribution in [0.5, 0.6) is 0 Å². The van der Waals surface area contributed by atoms with Crippen LogP contribution in [-0.4, -0.2) is 18.4 Å². The highest BCUT2D eigenvalue weighted by atomic mass is 16.3. The Labute approximate surface area is 165 Å². The largest absolute Gasteiger partial charge is 0.464 e. The van der Waals surface area contributed by atoms with Gasteiger partial charge in [-0.1, -0.05) is 19.9 Å². The number of carbonyl (C=O) groups is 2. The van der Waals surface area contributed by atoms with Crippen LogP contribution in [0.4, 0.5) is 5.69 Å². The van der Waals surface area contributed by atoms with Gasteiger partial charge in [0.15, 0.2) is 0 Å². The molecule has 0 aliphatic heterocycles. The number of hydrogen-bond acceptors (Lipinski definition) is 3. The van der Waals surface area contributed by atoms with Crippen LogP contribution in [0, 0.1) is 6.92 Å². The van der Waals surface area contributed by atoms with Gasteiger partial charge >= 0.3 is 0 Å². The van der Waals surface area contributed by atoms with Crippen molar-refractivity contribution in [2.24, 2.45) is 0 Å². The second-order valence-corrected chi connectivity index (χ2v) is 7.29. The first-order chi connectivity index (χ1) is 13.4. The highest BCUT2D eigenvalue weighted by Gasteiger charge is 2.14. The molecule has 3 rings (SSSR count). The van der Waals surface area contributed by atoms with Gasteiger partial charge in [-0.05, 0) is 61.2 Å². The maximum absolute atomic E-state index is 12.6. The van der Waals surface area contributed by atoms with Crippen LogP contribution >= 0.6 is 0 Å². The molecule has 0 atom stereocenters. The second kappa shape index (κ2) is 8.30. The number of furan rings is 1. The molecule has 0 bridgehead atoms. The van der Waals surface area contributed by atoms with E-state index in [2.05, 4.69) is 37.5 Å². The van der Waals surface area contributed by atoms with E-state index in [0.29, 0.717) is 23.7 Å². The predicted molar refractivity (Wildman–Crippen MR) is 112 cm³/mol. The first kappa shape index (κ1) is 19.7. The Hall–Kier alpha value is -3.08. The number of benzene rings is 2. The van der Waals surface area contributed by atoms with Crippen molar-refractivity contribution >= 4 is 28.5 Å². The Kier molecular flexibility index (Phi) is 5.83. The molecule has 0 saturated carbocycles. The van der Waals surface area contributed by atoms with E-state index >= 15 is 0 Å². The first-order valence-electron chi connectivity index (χ1n) is 9.57. The third-order valence-corrected chi connectivity index (χ3v) is 4.76. The number of fused-ring (bicyclic) bond motifs is 1. The quantitative estimate of drug-likeness (QED) is 0.647. The van der Waals surface area contributed by atoms with Gasteiger partial charge in [-0.25, -0.2) is 0 Å². The van der Waals surface area contributed by atoms with Crippen molar-refractivity contribution in [3.63, 3.8) is 0 Å². The number of rotatable bonds is 6. The molecule has 0 aliphatic carbocycles. The topological polar surface area (TPSA) is 71.3 Å². The zero-order chi connectivity index (χ0) is 20.3. The van der Waals surface area contributed by atoms with Crippen molar-refractivity contribution < 1.29 is 14.0 Å². The van der Waals surface area contributed by atoms with Crippen molar-refractivity contribution in [2.45, 2.75) is 40.0 Å². The molecule has 1 heterocycles. The van der Waals surface area contributed by atoms with Crippen molar-refractivity contribution in [1.82, 2.24) is 5.32 Å². The molecule has 0 saturated heterocycles. The standard InChI is InChI=1S/C23H26N2O3/c1-5-24-23(27)16-7-6-8-18(10-16)25-22(26)11-17-13-28-21-9-15(4)19(14(2)3)12-20(17)21/h6-10,12-14H,5,11H2,1-4H3,(H,24,27)(H,25,26). The number of carbonyl (C=O) groups excluding carboxylic acids is 2. The summed E-state index contributed by atoms with van der Waals surface area (Å²) in [5, 5.41) is 6.60. The van der Waals surface area contributed by atoms with E-state index in [1.165, 1.54) is 11.1 Å². The first-order valence-corrected chi connectivity index (χ1v) is 9.57. The Morgan fingerprint density at radius 3 is 2.64 bits per heavy atom. The average Bonchev–Trinajstić information content (AvgIpc) is 3.02. The fourth-order valence-electron chi connectivity index (χ4n) is 3.38. The lowest BCUT2D eigenvalue weighted by Crippen LogP contribution is -2.23. The van der Waals surface area contributed by atoms with E-state index in [9.17, 15) is 9.59 Å². The van der Waals surface area contributed by atoms with Gasteiger partial charge in [0.2, 0.25) is 5.91 Å². The Balaban J connectivity index is 1.78. The third kappa shape index (κ3) is 4.25. The third-order valence-electron chi connectivity index (χ3n) is 4.76. The Morgan fingerprint density at radius 2 is 1.93 bits per heavy atom. The molecule has 0 fully saturated rings. The summed E-state index contributed by atoms with van der Waals surface area (Å²) in [6, 6.07) is 11.1. The number of hydrogen-bond donors (Lipinski definition) is 2. The highest BCUT2D eigenvalue weighted by Crippen LogP contribution is 2.29. The smallest absolute Gasteiger partial charge is 0.251 e. The van der Waals surface area contributed by atoms with E-state index in [4.69, 9.17) is 4.42 Å². The summed E-state index contributed by atoms with van der Waals surface area (Å²) in [7, 11) is 0. The lowest BCUT2D eigenvalue weighted by atomic mass is 9.95. The van der Waals surface area contributed by atoms with Crippen molar-refractivity contribution in [3.8, 4) is 0 Å². The van der Waals surface area contributed by atoms with E-state index < -0.39 is 0 Å². The minimum Gasteiger partial charge on any atom is -0.464 e. The average molecular weight is 378 g/mol. The molecule has 0 unspecified atom stereocenters. The van der Waals surface area contributed by atoms with Crippen LogP contribution in [0.1, 0.15) is 53.7 Å². The summed E-state index contributed by atoms with van der Waals surface area (Å²) < 4.78 is 5.66. The van der Waals surface area contributed by atoms with Gasteiger partial charge in [-0.15, -0.1) is 0 Å². The maximum Gasteiger partial charge on any atom is 0.251 e. The molecule has 5 nitrogen and oxygen atoms in total. The van der Waals surface area contributed by atoms with Gasteiger partial charge in [0.05, 0.1) is 12.7 Å². The van der Waals surface area contributed by atoms with Gasteiger partial charge in [0, 0.05) is 28.7 Å². The van der Waals surface area contributed by atoms with E-state index in [0.717, 1.165) is 16.5 Å². The van der Waals surface area contributed by atoms with Gasteiger partial charge in [0.1, 0.15) is 5.58 Å². The molecular weight excluding hydrogens is 352 g/mol. The van der Waals surface area contributed by atoms with Gasteiger partial charge in [0.25, 0.3) is 5.91 Å². The number of nitrogens with one attached hydrogen (secondary N) is 2. The highest BCUT2D eigenvalue weighted by molar-refractivity contribution is 5.98. The number of amides is 2. The maximum atomic E-state index is 12.6. The van der Waals surface area contributed by atoms with Crippen LogP contribution < -0.4 is 10.6 Å². The summed E-state index contributed by atoms with van der Waals surface area (Å²) >= 11 is 0. The van der Waals surface area contributed by atoms with Crippen LogP contribution in [0.15, 0.2) is 47.1 Å². The van der Waals surface area contributed by atoms with Crippen LogP contribution in [0.3, 0.4) is 0 Å². The fraction of sp³-hybridized carbons (Fsp3) is 0.304. The fourth-order valence-corrected chi connectivity index (χ4v) is 3.38. The van der Waals surface area contributed by atoms with Crippen LogP contribution in [0.2, 0.25) is 0 Å². The predicted octanol–water partition coefficient (Wildman–Crippen LogP) is 4.80. The molecular formula is C23H26N2O3. The lowest BCUT2D eigenvalue weighted by Gasteiger charge is -2.10. The van der Waals surface area contributed by atoms with E-state index in [1.807, 2.05) is 13.0 Å². The zero-order valence-corrected chi connectivity index (χ0v) is 16.8. The second-order valence-electron chi connectivity index (χ2n) is 7.29. The molecule has 2 N–H and O–H groups in total. The molecule has 5 heteroatoms. The van der Waals surface area contributed by atoms with Crippen molar-refractivity contribution in [1.29, 1.82) is 0 Å². The van der Waals surface area contributed by atoms with E-state index in [1.54, 1.807) is 30.5 Å². The summed E-state index contributed by atoms with van der Waals surface area (Å²) in [6.07, 6.45) is 1.86. The molecule has 2 amide bonds. The molecule has 28 heavy (non-hydrogen) atoms. The summed E-state index contributed by atoms with van der Waals surface area (Å²) in [5.41, 5.74) is 5.21. The molecule has 2 aromatic carbocycles. The summed E-state index contributed by atoms with van der Waals surface area (Å²) in [4.78, 5) is 24.5. The molecule has 0 spiro atoms. The zero-order valence-electron chi connectivity index (χ0n) is 16.8. The molecule has 0 aliphatic rings. The normalized spacial score (nSPS) is 11.0. The number of anilines is 1. The summed E-state index contributed by atoms with van der Waals surface area (Å²) in [5.74, 6) is 0.0939. The minimum atomic E-state index is -0.156. The van der Waals surface area contributed by atoms with Crippen LogP contribution in [-0.2, 0) is 11.2 Å². The van der Waals surface area contributed by atoms with Gasteiger partial charge in [-0.3, -0.25) is 9.59 Å². The monoisotopic (exact) mass is 378 g/mol. The van der Waals surface area contributed by atoms with Crippen LogP contribution in [0.25, 0.3) is 11.0 Å². The molecule has 1 aromatic heterocycles. The minimum absolute atomic E-state index is 0.151. The van der Waals surface area contributed by atoms with Crippen molar-refractivity contribution in [3.05, 3.63) is 64.9 Å². The van der Waals surface area contributed by atoms with Gasteiger partial charge < -0.3 is 15.1 Å².